The van der Waals surface area contributed by atoms with Gasteiger partial charge in [-0.25, -0.2) is 8.42 Å². The highest BCUT2D eigenvalue weighted by Gasteiger charge is 2.44. The van der Waals surface area contributed by atoms with Crippen molar-refractivity contribution >= 4 is 27.7 Å². The number of ketones is 1. The Morgan fingerprint density at radius 1 is 1.03 bits per heavy atom. The molecule has 5 atom stereocenters. The lowest BCUT2D eigenvalue weighted by atomic mass is 9.73. The highest BCUT2D eigenvalue weighted by molar-refractivity contribution is 7.89. The van der Waals surface area contributed by atoms with Gasteiger partial charge in [0.2, 0.25) is 15.9 Å². The maximum atomic E-state index is 12.8. The molecule has 2 aliphatic rings. The Labute approximate surface area is 204 Å². The summed E-state index contributed by atoms with van der Waals surface area (Å²) in [5.74, 6) is -3.52. The first-order valence-corrected chi connectivity index (χ1v) is 13.1. The zero-order valence-electron chi connectivity index (χ0n) is 19.3. The van der Waals surface area contributed by atoms with E-state index in [0.29, 0.717) is 19.3 Å². The first kappa shape index (κ1) is 25.0. The molecule has 0 aromatic heterocycles. The fourth-order valence-corrected chi connectivity index (χ4v) is 6.04. The third-order valence-electron chi connectivity index (χ3n) is 6.78. The van der Waals surface area contributed by atoms with E-state index in [4.69, 9.17) is 0 Å². The summed E-state index contributed by atoms with van der Waals surface area (Å²) < 4.78 is 28.0. The predicted octanol–water partition coefficient (Wildman–Crippen LogP) is 1.55. The number of Topliss-reactive ketones (excluding diaryl/α,β-unsaturated/α-hetero) is 1. The molecule has 10 heteroatoms. The van der Waals surface area contributed by atoms with Crippen molar-refractivity contribution < 1.29 is 27.9 Å². The Hall–Kier alpha value is -3.08. The average molecular weight is 500 g/mol. The summed E-state index contributed by atoms with van der Waals surface area (Å²) in [6.45, 7) is 1.59. The van der Waals surface area contributed by atoms with Crippen LogP contribution in [-0.2, 0) is 24.4 Å². The third-order valence-corrected chi connectivity index (χ3v) is 8.34. The van der Waals surface area contributed by atoms with Gasteiger partial charge in [-0.15, -0.1) is 0 Å². The molecule has 2 aromatic rings. The van der Waals surface area contributed by atoms with Gasteiger partial charge in [-0.3, -0.25) is 14.4 Å². The van der Waals surface area contributed by atoms with Crippen LogP contribution in [0.15, 0.2) is 59.5 Å². The molecule has 1 saturated carbocycles. The minimum atomic E-state index is -3.93. The quantitative estimate of drug-likeness (QED) is 0.424. The summed E-state index contributed by atoms with van der Waals surface area (Å²) in [4.78, 5) is 36.7. The Kier molecular flexibility index (Phi) is 7.34. The first-order valence-electron chi connectivity index (χ1n) is 11.6. The minimum absolute atomic E-state index is 0.0518. The standard InChI is InChI=1S/C25H29N3O6S/c1-15(28-35(33,34)19-10-7-17(8-11-19)16-5-3-2-4-6-16)24(30)27-18-9-12-22-20(13-18)23(29)21(14-26-22)25(31)32/h2-8,10-11,15,18,20-22,26,28H,9,12-14H2,1H3,(H,27,30)(H,31,32)/t15-,18?,20?,21?,22?/m0/s1. The van der Waals surface area contributed by atoms with Gasteiger partial charge in [0, 0.05) is 24.5 Å². The van der Waals surface area contributed by atoms with Gasteiger partial charge in [0.25, 0.3) is 0 Å². The predicted molar refractivity (Wildman–Crippen MR) is 129 cm³/mol. The van der Waals surface area contributed by atoms with Crippen LogP contribution in [0.1, 0.15) is 26.2 Å². The highest BCUT2D eigenvalue weighted by atomic mass is 32.2. The fraction of sp³-hybridized carbons (Fsp3) is 0.400. The number of benzene rings is 2. The number of carbonyl (C=O) groups excluding carboxylic acids is 2. The summed E-state index contributed by atoms with van der Waals surface area (Å²) in [6, 6.07) is 14.5. The molecule has 9 nitrogen and oxygen atoms in total. The summed E-state index contributed by atoms with van der Waals surface area (Å²) in [5.41, 5.74) is 1.84. The van der Waals surface area contributed by atoms with Crippen molar-refractivity contribution in [2.24, 2.45) is 11.8 Å². The number of piperidine rings is 1. The van der Waals surface area contributed by atoms with E-state index in [9.17, 15) is 27.9 Å². The molecule has 1 amide bonds. The van der Waals surface area contributed by atoms with Crippen molar-refractivity contribution in [2.45, 2.75) is 49.2 Å². The van der Waals surface area contributed by atoms with Gasteiger partial charge >= 0.3 is 5.97 Å². The van der Waals surface area contributed by atoms with Gasteiger partial charge in [-0.1, -0.05) is 42.5 Å². The molecule has 2 aromatic carbocycles. The molecular weight excluding hydrogens is 470 g/mol. The van der Waals surface area contributed by atoms with E-state index in [1.807, 2.05) is 30.3 Å². The van der Waals surface area contributed by atoms with E-state index in [-0.39, 0.29) is 29.3 Å². The molecule has 1 saturated heterocycles. The number of nitrogens with one attached hydrogen (secondary N) is 3. The summed E-state index contributed by atoms with van der Waals surface area (Å²) in [7, 11) is -3.93. The normalized spacial score (nSPS) is 25.3. The molecule has 35 heavy (non-hydrogen) atoms. The Morgan fingerprint density at radius 2 is 1.69 bits per heavy atom. The van der Waals surface area contributed by atoms with Gasteiger partial charge in [0.05, 0.1) is 10.9 Å². The van der Waals surface area contributed by atoms with Crippen LogP contribution in [-0.4, -0.2) is 55.9 Å². The molecule has 1 heterocycles. The van der Waals surface area contributed by atoms with Gasteiger partial charge < -0.3 is 15.7 Å². The lowest BCUT2D eigenvalue weighted by molar-refractivity contribution is -0.150. The number of rotatable bonds is 7. The van der Waals surface area contributed by atoms with E-state index in [2.05, 4.69) is 15.4 Å². The maximum Gasteiger partial charge on any atom is 0.315 e. The van der Waals surface area contributed by atoms with Crippen LogP contribution in [0, 0.1) is 11.8 Å². The van der Waals surface area contributed by atoms with Gasteiger partial charge in [0.15, 0.2) is 5.78 Å². The second-order valence-corrected chi connectivity index (χ2v) is 10.9. The van der Waals surface area contributed by atoms with Crippen molar-refractivity contribution in [2.75, 3.05) is 6.54 Å². The van der Waals surface area contributed by atoms with E-state index < -0.39 is 39.8 Å². The van der Waals surface area contributed by atoms with Crippen LogP contribution in [0.25, 0.3) is 11.1 Å². The molecule has 4 N–H and O–H groups in total. The van der Waals surface area contributed by atoms with Gasteiger partial charge in [-0.05, 0) is 49.4 Å². The Balaban J connectivity index is 1.35. The number of fused-ring (bicyclic) bond motifs is 1. The van der Waals surface area contributed by atoms with Crippen molar-refractivity contribution in [3.63, 3.8) is 0 Å². The smallest absolute Gasteiger partial charge is 0.315 e. The van der Waals surface area contributed by atoms with E-state index in [1.165, 1.54) is 19.1 Å². The van der Waals surface area contributed by atoms with Gasteiger partial charge in [-0.2, -0.15) is 4.72 Å². The monoisotopic (exact) mass is 499 g/mol. The molecule has 2 fully saturated rings. The van der Waals surface area contributed by atoms with Crippen molar-refractivity contribution in [1.82, 2.24) is 15.4 Å². The molecule has 4 rings (SSSR count). The molecule has 0 bridgehead atoms. The SMILES string of the molecule is C[C@H](NS(=O)(=O)c1ccc(-c2ccccc2)cc1)C(=O)NC1CCC2NCC(C(=O)O)C(=O)C2C1. The lowest BCUT2D eigenvalue weighted by Crippen LogP contribution is -2.58. The van der Waals surface area contributed by atoms with Crippen molar-refractivity contribution in [3.05, 3.63) is 54.6 Å². The number of carboxylic acids is 1. The number of aliphatic carboxylic acids is 1. The number of carboxylic acid groups (broad SMARTS) is 1. The second kappa shape index (κ2) is 10.3. The molecule has 186 valence electrons. The maximum absolute atomic E-state index is 12.8. The topological polar surface area (TPSA) is 142 Å². The molecular formula is C25H29N3O6S. The molecule has 1 aliphatic carbocycles. The number of carbonyl (C=O) groups is 3. The molecule has 1 aliphatic heterocycles. The molecule has 0 spiro atoms. The fourth-order valence-electron chi connectivity index (χ4n) is 4.84. The van der Waals surface area contributed by atoms with Crippen molar-refractivity contribution in [1.29, 1.82) is 0 Å². The first-order chi connectivity index (χ1) is 16.7. The summed E-state index contributed by atoms with van der Waals surface area (Å²) >= 11 is 0. The van der Waals surface area contributed by atoms with Crippen LogP contribution in [0.5, 0.6) is 0 Å². The van der Waals surface area contributed by atoms with E-state index in [0.717, 1.165) is 11.1 Å². The largest absolute Gasteiger partial charge is 0.481 e. The zero-order chi connectivity index (χ0) is 25.2. The number of amides is 1. The second-order valence-electron chi connectivity index (χ2n) is 9.17. The Morgan fingerprint density at radius 3 is 2.34 bits per heavy atom. The van der Waals surface area contributed by atoms with E-state index in [1.54, 1.807) is 12.1 Å². The summed E-state index contributed by atoms with van der Waals surface area (Å²) in [5, 5.41) is 15.2. The highest BCUT2D eigenvalue weighted by Crippen LogP contribution is 2.31. The molecule has 4 unspecified atom stereocenters. The van der Waals surface area contributed by atoms with Crippen LogP contribution < -0.4 is 15.4 Å². The third kappa shape index (κ3) is 5.61. The zero-order valence-corrected chi connectivity index (χ0v) is 20.1. The Bertz CT molecular complexity index is 1200. The number of sulfonamides is 1. The molecule has 0 radical (unpaired) electrons. The van der Waals surface area contributed by atoms with Crippen molar-refractivity contribution in [3.8, 4) is 11.1 Å². The minimum Gasteiger partial charge on any atom is -0.481 e. The number of hydrogen-bond donors (Lipinski definition) is 4. The summed E-state index contributed by atoms with van der Waals surface area (Å²) in [6.07, 6.45) is 1.57. The lowest BCUT2D eigenvalue weighted by Gasteiger charge is -2.41. The van der Waals surface area contributed by atoms with Gasteiger partial charge in [0.1, 0.15) is 5.92 Å². The van der Waals surface area contributed by atoms with Crippen LogP contribution in [0.2, 0.25) is 0 Å². The van der Waals surface area contributed by atoms with Crippen LogP contribution in [0.3, 0.4) is 0 Å². The average Bonchev–Trinajstić information content (AvgIpc) is 2.84. The number of hydrogen-bond acceptors (Lipinski definition) is 6. The van der Waals surface area contributed by atoms with Crippen LogP contribution in [0.4, 0.5) is 0 Å². The van der Waals surface area contributed by atoms with Crippen LogP contribution >= 0.6 is 0 Å². The van der Waals surface area contributed by atoms with E-state index >= 15 is 0 Å².